The predicted octanol–water partition coefficient (Wildman–Crippen LogP) is 3.77. The number of nitrogens with zero attached hydrogens (tertiary/aromatic N) is 3. The van der Waals surface area contributed by atoms with Gasteiger partial charge in [0.05, 0.1) is 33.1 Å². The van der Waals surface area contributed by atoms with Crippen LogP contribution in [0.3, 0.4) is 0 Å². The minimum atomic E-state index is -0.613. The van der Waals surface area contributed by atoms with E-state index in [1.807, 2.05) is 6.07 Å². The van der Waals surface area contributed by atoms with Gasteiger partial charge in [0, 0.05) is 0 Å². The van der Waals surface area contributed by atoms with Crippen LogP contribution in [-0.4, -0.2) is 23.0 Å². The maximum absolute atomic E-state index is 12.5. The highest BCUT2D eigenvalue weighted by Gasteiger charge is 2.34. The van der Waals surface area contributed by atoms with Crippen LogP contribution in [0, 0.1) is 11.3 Å². The molecule has 0 bridgehead atoms. The van der Waals surface area contributed by atoms with Crippen molar-refractivity contribution in [2.24, 2.45) is 4.99 Å². The molecule has 126 valence electrons. The first-order valence-corrected chi connectivity index (χ1v) is 8.04. The van der Waals surface area contributed by atoms with Gasteiger partial charge in [-0.25, -0.2) is 9.89 Å². The highest BCUT2D eigenvalue weighted by atomic mass is 35.5. The number of hydrogen-bond donors (Lipinski definition) is 2. The van der Waals surface area contributed by atoms with Crippen LogP contribution in [0.5, 0.6) is 5.75 Å². The van der Waals surface area contributed by atoms with Crippen molar-refractivity contribution >= 4 is 46.4 Å². The number of halogens is 2. The molecule has 6 nitrogen and oxygen atoms in total. The third-order valence-corrected chi connectivity index (χ3v) is 4.46. The molecule has 2 aromatic carbocycles. The number of rotatable bonds is 2. The number of phenolic OH excluding ortho intramolecular Hbond substituents is 1. The summed E-state index contributed by atoms with van der Waals surface area (Å²) in [6.45, 7) is 1.65. The molecule has 0 aliphatic carbocycles. The van der Waals surface area contributed by atoms with E-state index in [1.165, 1.54) is 17.0 Å². The highest BCUT2D eigenvalue weighted by Crippen LogP contribution is 2.35. The first kappa shape index (κ1) is 17.1. The fourth-order valence-corrected chi connectivity index (χ4v) is 2.78. The van der Waals surface area contributed by atoms with Crippen molar-refractivity contribution in [2.45, 2.75) is 13.0 Å². The van der Waals surface area contributed by atoms with Crippen molar-refractivity contribution in [1.82, 2.24) is 0 Å². The molecule has 1 aliphatic rings. The Hall–Kier alpha value is -2.75. The molecule has 1 aliphatic heterocycles. The normalized spacial score (nSPS) is 16.6. The molecular weight excluding hydrogens is 363 g/mol. The molecule has 3 rings (SSSR count). The Morgan fingerprint density at radius 2 is 2.08 bits per heavy atom. The molecule has 0 saturated carbocycles. The average molecular weight is 375 g/mol. The number of hydrogen-bond acceptors (Lipinski definition) is 5. The van der Waals surface area contributed by atoms with E-state index in [-0.39, 0.29) is 22.6 Å². The number of carbonyl (C=O) groups is 1. The fraction of sp³-hybridized carbons (Fsp3) is 0.118. The standard InChI is InChI=1S/C17H12Cl2N4O2/c1-9-16(25)23(13-4-2-3-11(18)15(13)19)17(21-9)22-12-6-5-10(8-20)7-14(12)24/h2-7,9,24H,1H3,(H,21,22)/t9-/m1/s1. The van der Waals surface area contributed by atoms with E-state index < -0.39 is 6.04 Å². The second kappa shape index (κ2) is 6.63. The van der Waals surface area contributed by atoms with Gasteiger partial charge in [-0.3, -0.25) is 4.79 Å². The van der Waals surface area contributed by atoms with E-state index in [0.29, 0.717) is 22.0 Å². The van der Waals surface area contributed by atoms with Crippen molar-refractivity contribution in [2.75, 3.05) is 10.2 Å². The van der Waals surface area contributed by atoms with E-state index >= 15 is 0 Å². The first-order valence-electron chi connectivity index (χ1n) is 7.28. The lowest BCUT2D eigenvalue weighted by atomic mass is 10.2. The molecule has 1 heterocycles. The summed E-state index contributed by atoms with van der Waals surface area (Å²) in [4.78, 5) is 18.1. The molecule has 8 heteroatoms. The van der Waals surface area contributed by atoms with Gasteiger partial charge in [-0.1, -0.05) is 29.3 Å². The van der Waals surface area contributed by atoms with Crippen LogP contribution < -0.4 is 10.2 Å². The lowest BCUT2D eigenvalue weighted by Gasteiger charge is -2.21. The number of nitriles is 1. The van der Waals surface area contributed by atoms with E-state index in [0.717, 1.165) is 0 Å². The lowest BCUT2D eigenvalue weighted by molar-refractivity contribution is -0.117. The smallest absolute Gasteiger partial charge is 0.258 e. The predicted molar refractivity (Wildman–Crippen MR) is 97.3 cm³/mol. The van der Waals surface area contributed by atoms with Gasteiger partial charge in [-0.2, -0.15) is 5.26 Å². The maximum Gasteiger partial charge on any atom is 0.258 e. The Kier molecular flexibility index (Phi) is 4.53. The number of phenols is 1. The largest absolute Gasteiger partial charge is 0.506 e. The summed E-state index contributed by atoms with van der Waals surface area (Å²) in [7, 11) is 0. The summed E-state index contributed by atoms with van der Waals surface area (Å²) in [5, 5.41) is 22.4. The Morgan fingerprint density at radius 1 is 1.32 bits per heavy atom. The average Bonchev–Trinajstić information content (AvgIpc) is 2.86. The van der Waals surface area contributed by atoms with Crippen molar-refractivity contribution in [1.29, 1.82) is 5.26 Å². The molecule has 0 fully saturated rings. The van der Waals surface area contributed by atoms with Gasteiger partial charge in [0.1, 0.15) is 11.8 Å². The summed E-state index contributed by atoms with van der Waals surface area (Å²) in [5.74, 6) is -0.202. The Bertz CT molecular complexity index is 937. The van der Waals surface area contributed by atoms with Gasteiger partial charge in [0.15, 0.2) is 0 Å². The van der Waals surface area contributed by atoms with E-state index in [9.17, 15) is 9.90 Å². The van der Waals surface area contributed by atoms with Crippen LogP contribution in [0.15, 0.2) is 41.4 Å². The zero-order valence-corrected chi connectivity index (χ0v) is 14.5. The SMILES string of the molecule is C[C@H]1N=C(Nc2ccc(C#N)cc2O)N(c2cccc(Cl)c2Cl)C1=O. The molecule has 0 radical (unpaired) electrons. The van der Waals surface area contributed by atoms with Gasteiger partial charge < -0.3 is 10.4 Å². The van der Waals surface area contributed by atoms with Crippen molar-refractivity contribution in [3.05, 3.63) is 52.0 Å². The topological polar surface area (TPSA) is 88.7 Å². The number of aliphatic imine (C=N–C) groups is 1. The quantitative estimate of drug-likeness (QED) is 0.782. The number of nitrogens with one attached hydrogen (secondary N) is 1. The molecule has 2 N–H and O–H groups in total. The number of amides is 1. The second-order valence-corrected chi connectivity index (χ2v) is 6.13. The Balaban J connectivity index is 1.99. The number of guanidine groups is 1. The minimum Gasteiger partial charge on any atom is -0.506 e. The second-order valence-electron chi connectivity index (χ2n) is 5.34. The van der Waals surface area contributed by atoms with Crippen LogP contribution in [0.2, 0.25) is 10.0 Å². The zero-order chi connectivity index (χ0) is 18.1. The number of benzene rings is 2. The Morgan fingerprint density at radius 3 is 2.76 bits per heavy atom. The molecule has 0 unspecified atom stereocenters. The summed E-state index contributed by atoms with van der Waals surface area (Å²) in [6, 6.07) is 10.7. The van der Waals surface area contributed by atoms with Gasteiger partial charge in [-0.15, -0.1) is 0 Å². The number of aromatic hydroxyl groups is 1. The lowest BCUT2D eigenvalue weighted by Crippen LogP contribution is -2.38. The summed E-state index contributed by atoms with van der Waals surface area (Å²) >= 11 is 12.3. The number of carbonyl (C=O) groups excluding carboxylic acids is 1. The fourth-order valence-electron chi connectivity index (χ4n) is 2.40. The van der Waals surface area contributed by atoms with Crippen LogP contribution in [0.1, 0.15) is 12.5 Å². The molecule has 1 amide bonds. The number of anilines is 2. The molecule has 0 saturated heterocycles. The van der Waals surface area contributed by atoms with Crippen molar-refractivity contribution in [3.63, 3.8) is 0 Å². The van der Waals surface area contributed by atoms with Crippen LogP contribution in [-0.2, 0) is 4.79 Å². The minimum absolute atomic E-state index is 0.133. The molecule has 2 aromatic rings. The molecule has 1 atom stereocenters. The van der Waals surface area contributed by atoms with Gasteiger partial charge >= 0.3 is 0 Å². The van der Waals surface area contributed by atoms with Crippen LogP contribution in [0.4, 0.5) is 11.4 Å². The molecule has 25 heavy (non-hydrogen) atoms. The molecule has 0 spiro atoms. The van der Waals surface area contributed by atoms with Crippen LogP contribution >= 0.6 is 23.2 Å². The van der Waals surface area contributed by atoms with E-state index in [1.54, 1.807) is 31.2 Å². The van der Waals surface area contributed by atoms with Gasteiger partial charge in [0.25, 0.3) is 5.91 Å². The van der Waals surface area contributed by atoms with Gasteiger partial charge in [-0.05, 0) is 37.3 Å². The highest BCUT2D eigenvalue weighted by molar-refractivity contribution is 6.45. The van der Waals surface area contributed by atoms with E-state index in [4.69, 9.17) is 28.5 Å². The molecular formula is C17H12Cl2N4O2. The van der Waals surface area contributed by atoms with Crippen LogP contribution in [0.25, 0.3) is 0 Å². The Labute approximate surface area is 153 Å². The van der Waals surface area contributed by atoms with Gasteiger partial charge in [0.2, 0.25) is 5.96 Å². The third kappa shape index (κ3) is 3.12. The monoisotopic (exact) mass is 374 g/mol. The summed E-state index contributed by atoms with van der Waals surface area (Å²) in [6.07, 6.45) is 0. The first-order chi connectivity index (χ1) is 11.9. The van der Waals surface area contributed by atoms with Crippen molar-refractivity contribution in [3.8, 4) is 11.8 Å². The van der Waals surface area contributed by atoms with Crippen molar-refractivity contribution < 1.29 is 9.90 Å². The maximum atomic E-state index is 12.5. The third-order valence-electron chi connectivity index (χ3n) is 3.65. The molecule has 0 aromatic heterocycles. The zero-order valence-electron chi connectivity index (χ0n) is 13.0. The summed E-state index contributed by atoms with van der Waals surface area (Å²) in [5.41, 5.74) is 1.02. The summed E-state index contributed by atoms with van der Waals surface area (Å²) < 4.78 is 0. The van der Waals surface area contributed by atoms with E-state index in [2.05, 4.69) is 10.3 Å².